The molecule has 26 heavy (non-hydrogen) atoms. The van der Waals surface area contributed by atoms with Crippen molar-refractivity contribution in [2.45, 2.75) is 76.9 Å². The molecule has 1 aliphatic rings. The zero-order valence-corrected chi connectivity index (χ0v) is 16.7. The average molecular weight is 359 g/mol. The fourth-order valence-electron chi connectivity index (χ4n) is 3.23. The van der Waals surface area contributed by atoms with Crippen LogP contribution in [0, 0.1) is 5.92 Å². The van der Waals surface area contributed by atoms with Gasteiger partial charge in [-0.1, -0.05) is 29.7 Å². The molecule has 0 aromatic heterocycles. The van der Waals surface area contributed by atoms with Crippen LogP contribution in [0.3, 0.4) is 0 Å². The standard InChI is InChI=1S/C21H32BO4/c1-20(2,24)21(3,4)26-22-18-12-10-17(11-13-18)16-8-6-15(7-9-16)14-19(23)25-5/h10-13,15-16,24H,6-9,14H2,1-5H3. The summed E-state index contributed by atoms with van der Waals surface area (Å²) in [5.41, 5.74) is 0.751. The molecule has 2 rings (SSSR count). The Morgan fingerprint density at radius 1 is 1.12 bits per heavy atom. The summed E-state index contributed by atoms with van der Waals surface area (Å²) in [6, 6.07) is 8.46. The van der Waals surface area contributed by atoms with Crippen LogP contribution in [0.1, 0.15) is 71.3 Å². The summed E-state index contributed by atoms with van der Waals surface area (Å²) in [6.07, 6.45) is 4.94. The van der Waals surface area contributed by atoms with Gasteiger partial charge in [0, 0.05) is 6.42 Å². The zero-order valence-electron chi connectivity index (χ0n) is 16.7. The SMILES string of the molecule is COC(=O)CC1CCC(c2ccc([B]OC(C)(C)C(C)(C)O)cc2)CC1. The highest BCUT2D eigenvalue weighted by Crippen LogP contribution is 2.36. The second kappa shape index (κ2) is 8.58. The monoisotopic (exact) mass is 359 g/mol. The third-order valence-electron chi connectivity index (χ3n) is 5.90. The first-order valence-electron chi connectivity index (χ1n) is 9.52. The van der Waals surface area contributed by atoms with E-state index in [1.807, 2.05) is 13.8 Å². The molecule has 1 aromatic rings. The molecule has 1 saturated carbocycles. The van der Waals surface area contributed by atoms with Crippen LogP contribution in [0.2, 0.25) is 0 Å². The van der Waals surface area contributed by atoms with Gasteiger partial charge in [-0.05, 0) is 70.8 Å². The van der Waals surface area contributed by atoms with Gasteiger partial charge >= 0.3 is 13.5 Å². The molecule has 1 N–H and O–H groups in total. The number of esters is 1. The van der Waals surface area contributed by atoms with Crippen LogP contribution < -0.4 is 5.46 Å². The van der Waals surface area contributed by atoms with E-state index < -0.39 is 11.2 Å². The predicted octanol–water partition coefficient (Wildman–Crippen LogP) is 3.33. The summed E-state index contributed by atoms with van der Waals surface area (Å²) in [7, 11) is 3.17. The van der Waals surface area contributed by atoms with Crippen LogP contribution >= 0.6 is 0 Å². The van der Waals surface area contributed by atoms with Gasteiger partial charge in [0.2, 0.25) is 0 Å². The van der Waals surface area contributed by atoms with E-state index in [-0.39, 0.29) is 5.97 Å². The molecular formula is C21H32BO4. The molecule has 1 fully saturated rings. The van der Waals surface area contributed by atoms with Gasteiger partial charge in [-0.15, -0.1) is 0 Å². The number of hydrogen-bond acceptors (Lipinski definition) is 4. The van der Waals surface area contributed by atoms with Crippen LogP contribution in [-0.4, -0.2) is 36.9 Å². The number of benzene rings is 1. The molecule has 0 bridgehead atoms. The molecule has 0 unspecified atom stereocenters. The fourth-order valence-corrected chi connectivity index (χ4v) is 3.23. The topological polar surface area (TPSA) is 55.8 Å². The number of hydrogen-bond donors (Lipinski definition) is 1. The Morgan fingerprint density at radius 2 is 1.69 bits per heavy atom. The molecule has 143 valence electrons. The van der Waals surface area contributed by atoms with Gasteiger partial charge in [0.1, 0.15) is 0 Å². The highest BCUT2D eigenvalue weighted by Gasteiger charge is 2.35. The van der Waals surface area contributed by atoms with E-state index in [9.17, 15) is 9.90 Å². The Hall–Kier alpha value is -1.33. The first kappa shape index (κ1) is 21.0. The summed E-state index contributed by atoms with van der Waals surface area (Å²) in [6.45, 7) is 7.26. The smallest absolute Gasteiger partial charge is 0.330 e. The van der Waals surface area contributed by atoms with Crippen molar-refractivity contribution in [2.75, 3.05) is 7.11 Å². The number of rotatable bonds is 7. The Bertz CT molecular complexity index is 581. The minimum absolute atomic E-state index is 0.0951. The largest absolute Gasteiger partial charge is 0.469 e. The molecule has 4 nitrogen and oxygen atoms in total. The molecule has 0 spiro atoms. The van der Waals surface area contributed by atoms with Crippen LogP contribution in [-0.2, 0) is 14.2 Å². The molecule has 1 aliphatic carbocycles. The molecular weight excluding hydrogens is 327 g/mol. The maximum atomic E-state index is 11.4. The zero-order chi connectivity index (χ0) is 19.4. The quantitative estimate of drug-likeness (QED) is 0.599. The lowest BCUT2D eigenvalue weighted by molar-refractivity contribution is -0.142. The minimum atomic E-state index is -0.924. The van der Waals surface area contributed by atoms with Gasteiger partial charge in [0.15, 0.2) is 0 Å². The van der Waals surface area contributed by atoms with E-state index >= 15 is 0 Å². The first-order valence-corrected chi connectivity index (χ1v) is 9.52. The van der Waals surface area contributed by atoms with E-state index in [0.717, 1.165) is 31.1 Å². The molecule has 0 amide bonds. The van der Waals surface area contributed by atoms with Gasteiger partial charge in [-0.25, -0.2) is 0 Å². The Labute approximate surface area is 158 Å². The van der Waals surface area contributed by atoms with Crippen LogP contribution in [0.5, 0.6) is 0 Å². The summed E-state index contributed by atoms with van der Waals surface area (Å²) >= 11 is 0. The van der Waals surface area contributed by atoms with Crippen LogP contribution in [0.4, 0.5) is 0 Å². The second-order valence-corrected chi connectivity index (χ2v) is 8.47. The molecule has 5 heteroatoms. The van der Waals surface area contributed by atoms with E-state index in [0.29, 0.717) is 18.3 Å². The number of ether oxygens (including phenoxy) is 1. The second-order valence-electron chi connectivity index (χ2n) is 8.47. The van der Waals surface area contributed by atoms with Crippen molar-refractivity contribution >= 4 is 18.9 Å². The average Bonchev–Trinajstić information content (AvgIpc) is 2.60. The maximum absolute atomic E-state index is 11.4. The van der Waals surface area contributed by atoms with E-state index in [1.54, 1.807) is 21.3 Å². The van der Waals surface area contributed by atoms with Crippen molar-refractivity contribution in [3.63, 3.8) is 0 Å². The minimum Gasteiger partial charge on any atom is -0.469 e. The predicted molar refractivity (Wildman–Crippen MR) is 105 cm³/mol. The number of carbonyl (C=O) groups is 1. The third-order valence-corrected chi connectivity index (χ3v) is 5.90. The van der Waals surface area contributed by atoms with Gasteiger partial charge in [-0.3, -0.25) is 4.79 Å². The molecule has 1 radical (unpaired) electrons. The van der Waals surface area contributed by atoms with E-state index in [4.69, 9.17) is 9.39 Å². The third kappa shape index (κ3) is 5.58. The van der Waals surface area contributed by atoms with Crippen LogP contribution in [0.25, 0.3) is 0 Å². The summed E-state index contributed by atoms with van der Waals surface area (Å²) in [4.78, 5) is 11.4. The number of methoxy groups -OCH3 is 1. The first-order chi connectivity index (χ1) is 12.1. The summed E-state index contributed by atoms with van der Waals surface area (Å²) < 4.78 is 10.6. The normalized spacial score (nSPS) is 21.3. The lowest BCUT2D eigenvalue weighted by Crippen LogP contribution is -2.49. The molecule has 0 heterocycles. The van der Waals surface area contributed by atoms with Crippen molar-refractivity contribution in [1.29, 1.82) is 0 Å². The Balaban J connectivity index is 1.86. The van der Waals surface area contributed by atoms with Crippen molar-refractivity contribution in [3.05, 3.63) is 29.8 Å². The Morgan fingerprint density at radius 3 is 2.19 bits per heavy atom. The fraction of sp³-hybridized carbons (Fsp3) is 0.667. The van der Waals surface area contributed by atoms with E-state index in [2.05, 4.69) is 24.3 Å². The lowest BCUT2D eigenvalue weighted by atomic mass is 9.76. The van der Waals surface area contributed by atoms with Gasteiger partial charge in [0.05, 0.1) is 18.3 Å². The van der Waals surface area contributed by atoms with Gasteiger partial charge in [0.25, 0.3) is 0 Å². The van der Waals surface area contributed by atoms with Gasteiger partial charge in [-0.2, -0.15) is 0 Å². The van der Waals surface area contributed by atoms with Crippen LogP contribution in [0.15, 0.2) is 24.3 Å². The maximum Gasteiger partial charge on any atom is 0.330 e. The molecule has 0 atom stereocenters. The van der Waals surface area contributed by atoms with Crippen molar-refractivity contribution in [1.82, 2.24) is 0 Å². The molecule has 0 aliphatic heterocycles. The van der Waals surface area contributed by atoms with E-state index in [1.165, 1.54) is 12.7 Å². The van der Waals surface area contributed by atoms with Crippen molar-refractivity contribution in [2.24, 2.45) is 5.92 Å². The van der Waals surface area contributed by atoms with Crippen molar-refractivity contribution in [3.8, 4) is 0 Å². The molecule has 0 saturated heterocycles. The molecule has 1 aromatic carbocycles. The highest BCUT2D eigenvalue weighted by atomic mass is 16.5. The number of carbonyl (C=O) groups excluding carboxylic acids is 1. The summed E-state index contributed by atoms with van der Waals surface area (Å²) in [5, 5.41) is 10.2. The Kier molecular flexibility index (Phi) is 6.92. The lowest BCUT2D eigenvalue weighted by Gasteiger charge is -2.37. The number of aliphatic hydroxyl groups is 1. The summed E-state index contributed by atoms with van der Waals surface area (Å²) in [5.74, 6) is 0.928. The van der Waals surface area contributed by atoms with Crippen molar-refractivity contribution < 1.29 is 19.3 Å². The highest BCUT2D eigenvalue weighted by molar-refractivity contribution is 6.47. The van der Waals surface area contributed by atoms with Gasteiger partial charge < -0.3 is 14.5 Å².